The van der Waals surface area contributed by atoms with Gasteiger partial charge in [0.15, 0.2) is 0 Å². The van der Waals surface area contributed by atoms with Crippen LogP contribution < -0.4 is 5.32 Å². The number of aromatic nitrogens is 2. The second-order valence-electron chi connectivity index (χ2n) is 4.40. The summed E-state index contributed by atoms with van der Waals surface area (Å²) in [5.41, 5.74) is 2.34. The zero-order valence-electron chi connectivity index (χ0n) is 10.7. The lowest BCUT2D eigenvalue weighted by atomic mass is 10.0. The van der Waals surface area contributed by atoms with Gasteiger partial charge in [-0.3, -0.25) is 0 Å². The molecule has 3 nitrogen and oxygen atoms in total. The molecule has 18 heavy (non-hydrogen) atoms. The molecule has 0 radical (unpaired) electrons. The SMILES string of the molecule is CCCNC(c1ccc(I)cc1)c1cn(C)cn1. The molecular formula is C14H18IN3. The molecule has 0 bridgehead atoms. The van der Waals surface area contributed by atoms with E-state index in [-0.39, 0.29) is 6.04 Å². The van der Waals surface area contributed by atoms with Crippen LogP contribution in [0, 0.1) is 3.57 Å². The standard InChI is InChI=1S/C14H18IN3/c1-3-8-16-14(13-9-18(2)10-17-13)11-4-6-12(15)7-5-11/h4-7,9-10,14,16H,3,8H2,1-2H3. The largest absolute Gasteiger partial charge is 0.340 e. The third kappa shape index (κ3) is 3.32. The predicted molar refractivity (Wildman–Crippen MR) is 82.5 cm³/mol. The molecule has 0 spiro atoms. The highest BCUT2D eigenvalue weighted by atomic mass is 127. The summed E-state index contributed by atoms with van der Waals surface area (Å²) in [5, 5.41) is 3.56. The van der Waals surface area contributed by atoms with Gasteiger partial charge < -0.3 is 9.88 Å². The van der Waals surface area contributed by atoms with Crippen LogP contribution in [0.15, 0.2) is 36.8 Å². The van der Waals surface area contributed by atoms with Crippen molar-refractivity contribution in [2.75, 3.05) is 6.54 Å². The van der Waals surface area contributed by atoms with E-state index in [2.05, 4.69) is 70.3 Å². The fourth-order valence-electron chi connectivity index (χ4n) is 1.92. The summed E-state index contributed by atoms with van der Waals surface area (Å²) in [6, 6.07) is 8.80. The van der Waals surface area contributed by atoms with E-state index in [9.17, 15) is 0 Å². The van der Waals surface area contributed by atoms with E-state index in [1.807, 2.05) is 17.9 Å². The van der Waals surface area contributed by atoms with Crippen molar-refractivity contribution in [3.05, 3.63) is 51.6 Å². The Balaban J connectivity index is 2.27. The summed E-state index contributed by atoms with van der Waals surface area (Å²) in [5.74, 6) is 0. The second-order valence-corrected chi connectivity index (χ2v) is 5.65. The number of rotatable bonds is 5. The molecule has 0 aliphatic heterocycles. The highest BCUT2D eigenvalue weighted by molar-refractivity contribution is 14.1. The molecule has 1 aromatic carbocycles. The minimum Gasteiger partial charge on any atom is -0.340 e. The molecule has 0 aliphatic rings. The van der Waals surface area contributed by atoms with Gasteiger partial charge >= 0.3 is 0 Å². The van der Waals surface area contributed by atoms with Gasteiger partial charge in [0.05, 0.1) is 18.1 Å². The summed E-state index contributed by atoms with van der Waals surface area (Å²) >= 11 is 2.33. The topological polar surface area (TPSA) is 29.9 Å². The molecule has 1 N–H and O–H groups in total. The number of nitrogens with one attached hydrogen (secondary N) is 1. The quantitative estimate of drug-likeness (QED) is 0.836. The average Bonchev–Trinajstić information content (AvgIpc) is 2.78. The Bertz CT molecular complexity index is 490. The van der Waals surface area contributed by atoms with Crippen molar-refractivity contribution in [1.82, 2.24) is 14.9 Å². The van der Waals surface area contributed by atoms with Crippen molar-refractivity contribution in [1.29, 1.82) is 0 Å². The van der Waals surface area contributed by atoms with Crippen LogP contribution in [0.5, 0.6) is 0 Å². The van der Waals surface area contributed by atoms with Crippen LogP contribution in [0.1, 0.15) is 30.6 Å². The number of imidazole rings is 1. The Morgan fingerprint density at radius 2 is 2.06 bits per heavy atom. The lowest BCUT2D eigenvalue weighted by Gasteiger charge is -2.17. The monoisotopic (exact) mass is 355 g/mol. The smallest absolute Gasteiger partial charge is 0.0947 e. The molecular weight excluding hydrogens is 337 g/mol. The summed E-state index contributed by atoms with van der Waals surface area (Å²) in [4.78, 5) is 4.47. The van der Waals surface area contributed by atoms with Crippen LogP contribution in [0.4, 0.5) is 0 Å². The highest BCUT2D eigenvalue weighted by Gasteiger charge is 2.15. The molecule has 1 aromatic heterocycles. The summed E-state index contributed by atoms with van der Waals surface area (Å²) in [6.45, 7) is 3.17. The fourth-order valence-corrected chi connectivity index (χ4v) is 2.28. The van der Waals surface area contributed by atoms with Crippen molar-refractivity contribution in [2.45, 2.75) is 19.4 Å². The number of aryl methyl sites for hydroxylation is 1. The molecule has 1 heterocycles. The van der Waals surface area contributed by atoms with Crippen molar-refractivity contribution < 1.29 is 0 Å². The Labute approximate surface area is 122 Å². The minimum atomic E-state index is 0.183. The van der Waals surface area contributed by atoms with E-state index in [1.165, 1.54) is 9.13 Å². The van der Waals surface area contributed by atoms with Crippen LogP contribution in [-0.4, -0.2) is 16.1 Å². The van der Waals surface area contributed by atoms with E-state index < -0.39 is 0 Å². The minimum absolute atomic E-state index is 0.183. The Morgan fingerprint density at radius 3 is 2.61 bits per heavy atom. The van der Waals surface area contributed by atoms with Crippen LogP contribution in [0.2, 0.25) is 0 Å². The maximum atomic E-state index is 4.47. The Kier molecular flexibility index (Phi) is 4.77. The van der Waals surface area contributed by atoms with Gasteiger partial charge in [0.25, 0.3) is 0 Å². The van der Waals surface area contributed by atoms with E-state index >= 15 is 0 Å². The van der Waals surface area contributed by atoms with Gasteiger partial charge in [0.2, 0.25) is 0 Å². The lowest BCUT2D eigenvalue weighted by Crippen LogP contribution is -2.23. The van der Waals surface area contributed by atoms with Gasteiger partial charge in [0, 0.05) is 16.8 Å². The van der Waals surface area contributed by atoms with Crippen LogP contribution in [-0.2, 0) is 7.05 Å². The summed E-state index contributed by atoms with van der Waals surface area (Å²) in [6.07, 6.45) is 5.04. The lowest BCUT2D eigenvalue weighted by molar-refractivity contribution is 0.588. The van der Waals surface area contributed by atoms with Crippen LogP contribution in [0.3, 0.4) is 0 Å². The fraction of sp³-hybridized carbons (Fsp3) is 0.357. The molecule has 4 heteroatoms. The molecule has 2 aromatic rings. The first-order valence-electron chi connectivity index (χ1n) is 6.17. The molecule has 2 rings (SSSR count). The van der Waals surface area contributed by atoms with Gasteiger partial charge in [-0.15, -0.1) is 0 Å². The maximum Gasteiger partial charge on any atom is 0.0947 e. The van der Waals surface area contributed by atoms with Gasteiger partial charge in [-0.1, -0.05) is 19.1 Å². The maximum absolute atomic E-state index is 4.47. The Hall–Kier alpha value is -0.880. The van der Waals surface area contributed by atoms with Gasteiger partial charge in [-0.05, 0) is 53.3 Å². The zero-order chi connectivity index (χ0) is 13.0. The molecule has 1 atom stereocenters. The molecule has 0 aliphatic carbocycles. The van der Waals surface area contributed by atoms with Gasteiger partial charge in [-0.25, -0.2) is 4.98 Å². The van der Waals surface area contributed by atoms with E-state index in [0.29, 0.717) is 0 Å². The number of nitrogens with zero attached hydrogens (tertiary/aromatic N) is 2. The first kappa shape index (κ1) is 13.5. The molecule has 1 unspecified atom stereocenters. The van der Waals surface area contributed by atoms with Crippen molar-refractivity contribution >= 4 is 22.6 Å². The molecule has 0 amide bonds. The molecule has 96 valence electrons. The van der Waals surface area contributed by atoms with Crippen LogP contribution in [0.25, 0.3) is 0 Å². The Morgan fingerprint density at radius 1 is 1.33 bits per heavy atom. The average molecular weight is 355 g/mol. The molecule has 0 saturated carbocycles. The molecule has 0 fully saturated rings. The van der Waals surface area contributed by atoms with E-state index in [0.717, 1.165) is 18.7 Å². The third-order valence-electron chi connectivity index (χ3n) is 2.82. The van der Waals surface area contributed by atoms with Crippen molar-refractivity contribution in [3.63, 3.8) is 0 Å². The third-order valence-corrected chi connectivity index (χ3v) is 3.54. The number of halogens is 1. The van der Waals surface area contributed by atoms with Crippen molar-refractivity contribution in [2.24, 2.45) is 7.05 Å². The second kappa shape index (κ2) is 6.33. The molecule has 0 saturated heterocycles. The van der Waals surface area contributed by atoms with E-state index in [4.69, 9.17) is 0 Å². The van der Waals surface area contributed by atoms with E-state index in [1.54, 1.807) is 0 Å². The highest BCUT2D eigenvalue weighted by Crippen LogP contribution is 2.21. The number of benzene rings is 1. The number of hydrogen-bond acceptors (Lipinski definition) is 2. The first-order valence-corrected chi connectivity index (χ1v) is 7.25. The van der Waals surface area contributed by atoms with Gasteiger partial charge in [-0.2, -0.15) is 0 Å². The zero-order valence-corrected chi connectivity index (χ0v) is 12.9. The summed E-state index contributed by atoms with van der Waals surface area (Å²) < 4.78 is 3.24. The van der Waals surface area contributed by atoms with Crippen molar-refractivity contribution in [3.8, 4) is 0 Å². The number of hydrogen-bond donors (Lipinski definition) is 1. The first-order chi connectivity index (χ1) is 8.70. The van der Waals surface area contributed by atoms with Crippen LogP contribution >= 0.6 is 22.6 Å². The van der Waals surface area contributed by atoms with Gasteiger partial charge in [0.1, 0.15) is 0 Å². The predicted octanol–water partition coefficient (Wildman–Crippen LogP) is 3.11. The summed E-state index contributed by atoms with van der Waals surface area (Å²) in [7, 11) is 2.00. The normalized spacial score (nSPS) is 12.6.